The lowest BCUT2D eigenvalue weighted by Crippen LogP contribution is -2.44. The Bertz CT molecular complexity index is 1150. The molecule has 4 rings (SSSR count). The van der Waals surface area contributed by atoms with Gasteiger partial charge in [0.05, 0.1) is 23.2 Å². The topological polar surface area (TPSA) is 86.2 Å². The van der Waals surface area contributed by atoms with E-state index in [9.17, 15) is 31.1 Å². The molecule has 6 nitrogen and oxygen atoms in total. The minimum Gasteiger partial charge on any atom is -0.492 e. The molecule has 2 aromatic carbocycles. The van der Waals surface area contributed by atoms with Crippen molar-refractivity contribution in [3.63, 3.8) is 0 Å². The average molecular weight is 526 g/mol. The number of rotatable bonds is 6. The van der Waals surface area contributed by atoms with Crippen LogP contribution in [0.1, 0.15) is 41.9 Å². The average Bonchev–Trinajstić information content (AvgIpc) is 3.53. The van der Waals surface area contributed by atoms with Crippen LogP contribution < -0.4 is 20.7 Å². The van der Waals surface area contributed by atoms with Crippen molar-refractivity contribution in [3.8, 4) is 11.8 Å². The number of carbonyl (C=O) groups excluding carboxylic acids is 1. The Hall–Kier alpha value is -3.30. The van der Waals surface area contributed by atoms with Crippen LogP contribution in [0.25, 0.3) is 0 Å². The third-order valence-corrected chi connectivity index (χ3v) is 6.56. The predicted octanol–water partition coefficient (Wildman–Crippen LogP) is 4.72. The highest BCUT2D eigenvalue weighted by atomic mass is 19.4. The fourth-order valence-electron chi connectivity index (χ4n) is 4.74. The van der Waals surface area contributed by atoms with E-state index >= 15 is 0 Å². The van der Waals surface area contributed by atoms with Crippen molar-refractivity contribution in [1.82, 2.24) is 10.6 Å². The van der Waals surface area contributed by atoms with Gasteiger partial charge in [-0.05, 0) is 67.8 Å². The van der Waals surface area contributed by atoms with E-state index in [4.69, 9.17) is 10.00 Å². The molecule has 0 aromatic heterocycles. The second kappa shape index (κ2) is 10.6. The highest BCUT2D eigenvalue weighted by Crippen LogP contribution is 2.42. The zero-order valence-corrected chi connectivity index (χ0v) is 19.4. The molecule has 198 valence electrons. The minimum atomic E-state index is -4.87. The van der Waals surface area contributed by atoms with Gasteiger partial charge in [0.25, 0.3) is 0 Å². The second-order valence-electron chi connectivity index (χ2n) is 9.11. The molecule has 0 bridgehead atoms. The molecular formula is C25H24F6N4O2. The van der Waals surface area contributed by atoms with Crippen LogP contribution in [0, 0.1) is 11.3 Å². The predicted molar refractivity (Wildman–Crippen MR) is 122 cm³/mol. The van der Waals surface area contributed by atoms with Crippen LogP contribution in [0.2, 0.25) is 0 Å². The van der Waals surface area contributed by atoms with E-state index in [1.54, 1.807) is 24.3 Å². The normalized spacial score (nSPS) is 24.0. The fourth-order valence-corrected chi connectivity index (χ4v) is 4.74. The molecule has 1 unspecified atom stereocenters. The van der Waals surface area contributed by atoms with Gasteiger partial charge in [0.1, 0.15) is 18.4 Å². The standard InChI is InChI=1S/C25H24F6N4O2/c26-24(27,28)20-10-14(3-4-15(20)12-32)19-11-17(34-22(19)25(29,30)31)13-37-18-7-5-16(6-8-18)35-23(36)21-2-1-9-33-21/h3-8,10,17,19,21-22,33-34H,1-2,9,11,13H2,(H,35,36)/t17-,19?,21-,22+/m0/s1. The molecule has 1 amide bonds. The number of ether oxygens (including phenoxy) is 1. The molecule has 2 fully saturated rings. The SMILES string of the molecule is N#Cc1ccc(C2C[C@@H](COc3ccc(NC(=O)[C@@H]4CCCN4)cc3)N[C@H]2C(F)(F)F)cc1C(F)(F)F. The van der Waals surface area contributed by atoms with Crippen LogP contribution in [-0.2, 0) is 11.0 Å². The second-order valence-corrected chi connectivity index (χ2v) is 9.11. The maximum atomic E-state index is 13.8. The van der Waals surface area contributed by atoms with Gasteiger partial charge in [0, 0.05) is 17.6 Å². The third kappa shape index (κ3) is 6.34. The Morgan fingerprint density at radius 3 is 2.43 bits per heavy atom. The lowest BCUT2D eigenvalue weighted by atomic mass is 9.88. The lowest BCUT2D eigenvalue weighted by molar-refractivity contribution is -0.156. The van der Waals surface area contributed by atoms with E-state index in [0.717, 1.165) is 31.5 Å². The fraction of sp³-hybridized carbons (Fsp3) is 0.440. The Morgan fingerprint density at radius 2 is 1.84 bits per heavy atom. The first kappa shape index (κ1) is 26.8. The number of anilines is 1. The van der Waals surface area contributed by atoms with Crippen LogP contribution >= 0.6 is 0 Å². The third-order valence-electron chi connectivity index (χ3n) is 6.56. The van der Waals surface area contributed by atoms with E-state index in [0.29, 0.717) is 17.5 Å². The van der Waals surface area contributed by atoms with Gasteiger partial charge in [0.15, 0.2) is 0 Å². The summed E-state index contributed by atoms with van der Waals surface area (Å²) in [5, 5.41) is 17.3. The van der Waals surface area contributed by atoms with E-state index in [1.807, 2.05) is 0 Å². The van der Waals surface area contributed by atoms with Gasteiger partial charge in [-0.1, -0.05) is 6.07 Å². The summed E-state index contributed by atoms with van der Waals surface area (Å²) in [5.74, 6) is -1.07. The molecule has 2 saturated heterocycles. The van der Waals surface area contributed by atoms with E-state index in [2.05, 4.69) is 16.0 Å². The van der Waals surface area contributed by atoms with Gasteiger partial charge < -0.3 is 15.4 Å². The number of hydrogen-bond acceptors (Lipinski definition) is 5. The summed E-state index contributed by atoms with van der Waals surface area (Å²) in [6.07, 6.45) is -8.02. The van der Waals surface area contributed by atoms with Crippen molar-refractivity contribution in [2.45, 2.75) is 55.7 Å². The number of alkyl halides is 6. The van der Waals surface area contributed by atoms with Gasteiger partial charge >= 0.3 is 12.4 Å². The maximum Gasteiger partial charge on any atom is 0.417 e. The highest BCUT2D eigenvalue weighted by molar-refractivity contribution is 5.95. The molecular weight excluding hydrogens is 502 g/mol. The summed E-state index contributed by atoms with van der Waals surface area (Å²) in [7, 11) is 0. The van der Waals surface area contributed by atoms with Crippen LogP contribution in [0.15, 0.2) is 42.5 Å². The van der Waals surface area contributed by atoms with Gasteiger partial charge in [-0.15, -0.1) is 0 Å². The Labute approximate surface area is 209 Å². The molecule has 0 spiro atoms. The number of nitrogens with one attached hydrogen (secondary N) is 3. The lowest BCUT2D eigenvalue weighted by Gasteiger charge is -2.23. The van der Waals surface area contributed by atoms with Crippen molar-refractivity contribution >= 4 is 11.6 Å². The van der Waals surface area contributed by atoms with Crippen molar-refractivity contribution < 1.29 is 35.9 Å². The van der Waals surface area contributed by atoms with E-state index < -0.39 is 41.5 Å². The van der Waals surface area contributed by atoms with Crippen molar-refractivity contribution in [3.05, 3.63) is 59.2 Å². The number of hydrogen-bond donors (Lipinski definition) is 3. The summed E-state index contributed by atoms with van der Waals surface area (Å²) in [4.78, 5) is 12.2. The smallest absolute Gasteiger partial charge is 0.417 e. The Morgan fingerprint density at radius 1 is 1.11 bits per heavy atom. The maximum absolute atomic E-state index is 13.8. The van der Waals surface area contributed by atoms with Gasteiger partial charge in [-0.3, -0.25) is 10.1 Å². The minimum absolute atomic E-state index is 0.115. The first-order valence-corrected chi connectivity index (χ1v) is 11.7. The molecule has 0 aliphatic carbocycles. The van der Waals surface area contributed by atoms with E-state index in [1.165, 1.54) is 6.07 Å². The number of benzene rings is 2. The molecule has 2 aromatic rings. The molecule has 37 heavy (non-hydrogen) atoms. The summed E-state index contributed by atoms with van der Waals surface area (Å²) in [5.41, 5.74) is -1.52. The monoisotopic (exact) mass is 526 g/mol. The van der Waals surface area contributed by atoms with Crippen molar-refractivity contribution in [2.75, 3.05) is 18.5 Å². The van der Waals surface area contributed by atoms with Crippen LogP contribution in [0.5, 0.6) is 5.75 Å². The van der Waals surface area contributed by atoms with Crippen molar-refractivity contribution in [1.29, 1.82) is 5.26 Å². The first-order valence-electron chi connectivity index (χ1n) is 11.7. The highest BCUT2D eigenvalue weighted by Gasteiger charge is 2.51. The largest absolute Gasteiger partial charge is 0.492 e. The van der Waals surface area contributed by atoms with Crippen LogP contribution in [0.3, 0.4) is 0 Å². The van der Waals surface area contributed by atoms with Gasteiger partial charge in [-0.25, -0.2) is 0 Å². The first-order chi connectivity index (χ1) is 17.5. The van der Waals surface area contributed by atoms with Gasteiger partial charge in [0.2, 0.25) is 5.91 Å². The number of carbonyl (C=O) groups is 1. The Kier molecular flexibility index (Phi) is 7.66. The summed E-state index contributed by atoms with van der Waals surface area (Å²) < 4.78 is 87.0. The number of halogens is 6. The van der Waals surface area contributed by atoms with E-state index in [-0.39, 0.29) is 30.5 Å². The summed E-state index contributed by atoms with van der Waals surface area (Å²) in [6, 6.07) is 7.36. The zero-order chi connectivity index (χ0) is 26.8. The number of amides is 1. The van der Waals surface area contributed by atoms with Crippen molar-refractivity contribution in [2.24, 2.45) is 0 Å². The molecule has 2 aliphatic rings. The molecule has 2 heterocycles. The quantitative estimate of drug-likeness (QED) is 0.475. The zero-order valence-electron chi connectivity index (χ0n) is 19.4. The molecule has 2 aliphatic heterocycles. The van der Waals surface area contributed by atoms with Crippen LogP contribution in [-0.4, -0.2) is 43.4 Å². The number of nitrogens with zero attached hydrogens (tertiary/aromatic N) is 1. The molecule has 0 radical (unpaired) electrons. The summed E-state index contributed by atoms with van der Waals surface area (Å²) >= 11 is 0. The Balaban J connectivity index is 1.42. The molecule has 0 saturated carbocycles. The van der Waals surface area contributed by atoms with Gasteiger partial charge in [-0.2, -0.15) is 31.6 Å². The number of nitriles is 1. The molecule has 4 atom stereocenters. The molecule has 12 heteroatoms. The summed E-state index contributed by atoms with van der Waals surface area (Å²) in [6.45, 7) is 0.633. The van der Waals surface area contributed by atoms with Crippen LogP contribution in [0.4, 0.5) is 32.0 Å². The molecule has 3 N–H and O–H groups in total.